The van der Waals surface area contributed by atoms with Crippen molar-refractivity contribution in [2.45, 2.75) is 57.9 Å². The van der Waals surface area contributed by atoms with E-state index >= 15 is 0 Å². The molecule has 3 N–H and O–H groups in total. The Kier molecular flexibility index (Phi) is 5.61. The van der Waals surface area contributed by atoms with E-state index in [9.17, 15) is 4.79 Å². The summed E-state index contributed by atoms with van der Waals surface area (Å²) >= 11 is 0. The molecule has 1 aliphatic heterocycles. The summed E-state index contributed by atoms with van der Waals surface area (Å²) in [5.74, 6) is 0. The minimum absolute atomic E-state index is 0.00455. The molecule has 5 rings (SSSR count). The first-order valence-electron chi connectivity index (χ1n) is 12.1. The standard InChI is InChI=1S/C29H33N3O/c1-3-22-16-24(30)11-12-25(22)23-10-13-27-26(17-23)29(14-4-5-15-29)19-32(27)28(33)31-18-21-8-6-20(2)7-9-21/h6-13,16-17H,3-5,14-15,18-19,30H2,1-2H3,(H,31,33). The number of carbonyl (C=O) groups is 1. The lowest BCUT2D eigenvalue weighted by Gasteiger charge is -2.25. The van der Waals surface area contributed by atoms with Crippen molar-refractivity contribution < 1.29 is 4.79 Å². The Bertz CT molecular complexity index is 1180. The number of anilines is 2. The monoisotopic (exact) mass is 439 g/mol. The molecule has 1 fully saturated rings. The van der Waals surface area contributed by atoms with Gasteiger partial charge in [0.05, 0.1) is 0 Å². The number of nitrogen functional groups attached to an aromatic ring is 1. The molecule has 1 aliphatic carbocycles. The van der Waals surface area contributed by atoms with Crippen LogP contribution in [-0.4, -0.2) is 12.6 Å². The van der Waals surface area contributed by atoms with Crippen molar-refractivity contribution in [1.82, 2.24) is 5.32 Å². The van der Waals surface area contributed by atoms with Gasteiger partial charge in [0.15, 0.2) is 0 Å². The van der Waals surface area contributed by atoms with Crippen molar-refractivity contribution in [3.05, 3.63) is 82.9 Å². The summed E-state index contributed by atoms with van der Waals surface area (Å²) in [6, 6.07) is 21.2. The van der Waals surface area contributed by atoms with E-state index in [1.54, 1.807) is 0 Å². The maximum atomic E-state index is 13.3. The molecular formula is C29H33N3O. The molecule has 0 bridgehead atoms. The van der Waals surface area contributed by atoms with Crippen molar-refractivity contribution in [2.24, 2.45) is 0 Å². The SMILES string of the molecule is CCc1cc(N)ccc1-c1ccc2c(c1)C1(CCCC1)CN2C(=O)NCc1ccc(C)cc1. The average molecular weight is 440 g/mol. The minimum atomic E-state index is -0.00455. The van der Waals surface area contributed by atoms with E-state index in [-0.39, 0.29) is 11.4 Å². The normalized spacial score (nSPS) is 16.2. The van der Waals surface area contributed by atoms with Gasteiger partial charge in [0.1, 0.15) is 0 Å². The predicted octanol–water partition coefficient (Wildman–Crippen LogP) is 6.35. The molecule has 2 aliphatic rings. The number of benzene rings is 3. The number of fused-ring (bicyclic) bond motifs is 2. The summed E-state index contributed by atoms with van der Waals surface area (Å²) in [6.45, 7) is 5.56. The summed E-state index contributed by atoms with van der Waals surface area (Å²) in [6.07, 6.45) is 5.69. The van der Waals surface area contributed by atoms with Gasteiger partial charge < -0.3 is 11.1 Å². The summed E-state index contributed by atoms with van der Waals surface area (Å²) in [5, 5.41) is 3.15. The average Bonchev–Trinajstić information content (AvgIpc) is 3.43. The highest BCUT2D eigenvalue weighted by atomic mass is 16.2. The van der Waals surface area contributed by atoms with E-state index in [0.717, 1.165) is 42.7 Å². The van der Waals surface area contributed by atoms with Crippen LogP contribution in [0.2, 0.25) is 0 Å². The Morgan fingerprint density at radius 2 is 1.79 bits per heavy atom. The van der Waals surface area contributed by atoms with E-state index in [1.165, 1.54) is 40.7 Å². The van der Waals surface area contributed by atoms with Crippen LogP contribution < -0.4 is 16.0 Å². The molecule has 33 heavy (non-hydrogen) atoms. The number of nitrogens with zero attached hydrogens (tertiary/aromatic N) is 1. The van der Waals surface area contributed by atoms with Crippen LogP contribution in [0.4, 0.5) is 16.2 Å². The van der Waals surface area contributed by atoms with E-state index in [1.807, 2.05) is 11.0 Å². The van der Waals surface area contributed by atoms with Crippen molar-refractivity contribution in [3.63, 3.8) is 0 Å². The molecule has 4 nitrogen and oxygen atoms in total. The Hall–Kier alpha value is -3.27. The smallest absolute Gasteiger partial charge is 0.322 e. The molecule has 1 heterocycles. The Morgan fingerprint density at radius 1 is 1.03 bits per heavy atom. The largest absolute Gasteiger partial charge is 0.399 e. The fraction of sp³-hybridized carbons (Fsp3) is 0.345. The van der Waals surface area contributed by atoms with Crippen LogP contribution in [0, 0.1) is 6.92 Å². The lowest BCUT2D eigenvalue weighted by molar-refractivity contribution is 0.245. The zero-order valence-corrected chi connectivity index (χ0v) is 19.7. The highest BCUT2D eigenvalue weighted by molar-refractivity contribution is 5.96. The molecule has 0 atom stereocenters. The molecule has 170 valence electrons. The number of carbonyl (C=O) groups excluding carboxylic acids is 1. The second-order valence-corrected chi connectivity index (χ2v) is 9.72. The van der Waals surface area contributed by atoms with Crippen molar-refractivity contribution in [2.75, 3.05) is 17.2 Å². The van der Waals surface area contributed by atoms with Crippen LogP contribution in [0.1, 0.15) is 54.9 Å². The Morgan fingerprint density at radius 3 is 2.52 bits per heavy atom. The van der Waals surface area contributed by atoms with Gasteiger partial charge in [-0.1, -0.05) is 61.7 Å². The molecule has 0 radical (unpaired) electrons. The lowest BCUT2D eigenvalue weighted by atomic mass is 9.79. The minimum Gasteiger partial charge on any atom is -0.399 e. The van der Waals surface area contributed by atoms with E-state index in [2.05, 4.69) is 73.8 Å². The van der Waals surface area contributed by atoms with Crippen molar-refractivity contribution in [1.29, 1.82) is 0 Å². The first kappa shape index (κ1) is 21.6. The van der Waals surface area contributed by atoms with Crippen LogP contribution in [0.15, 0.2) is 60.7 Å². The molecule has 3 aromatic carbocycles. The second-order valence-electron chi connectivity index (χ2n) is 9.72. The van der Waals surface area contributed by atoms with Crippen molar-refractivity contribution in [3.8, 4) is 11.1 Å². The number of aryl methyl sites for hydroxylation is 2. The van der Waals surface area contributed by atoms with Gasteiger partial charge in [-0.25, -0.2) is 4.79 Å². The Labute approximate surface area is 196 Å². The number of hydrogen-bond donors (Lipinski definition) is 2. The fourth-order valence-electron chi connectivity index (χ4n) is 5.66. The van der Waals surface area contributed by atoms with Gasteiger partial charge in [-0.05, 0) is 78.3 Å². The second kappa shape index (κ2) is 8.58. The van der Waals surface area contributed by atoms with Gasteiger partial charge >= 0.3 is 6.03 Å². The van der Waals surface area contributed by atoms with Crippen molar-refractivity contribution >= 4 is 17.4 Å². The predicted molar refractivity (Wildman–Crippen MR) is 137 cm³/mol. The molecule has 1 saturated carbocycles. The topological polar surface area (TPSA) is 58.4 Å². The van der Waals surface area contributed by atoms with Crippen LogP contribution >= 0.6 is 0 Å². The zero-order valence-electron chi connectivity index (χ0n) is 19.7. The number of hydrogen-bond acceptors (Lipinski definition) is 2. The molecule has 2 amide bonds. The number of nitrogens with two attached hydrogens (primary N) is 1. The molecule has 0 aromatic heterocycles. The first-order valence-corrected chi connectivity index (χ1v) is 12.1. The van der Waals surface area contributed by atoms with Crippen LogP contribution in [0.3, 0.4) is 0 Å². The van der Waals surface area contributed by atoms with Gasteiger partial charge in [0.2, 0.25) is 0 Å². The van der Waals surface area contributed by atoms with Crippen LogP contribution in [0.25, 0.3) is 11.1 Å². The number of urea groups is 1. The first-order chi connectivity index (χ1) is 16.0. The molecule has 3 aromatic rings. The summed E-state index contributed by atoms with van der Waals surface area (Å²) in [5.41, 5.74) is 15.4. The number of rotatable bonds is 4. The maximum absolute atomic E-state index is 13.3. The summed E-state index contributed by atoms with van der Waals surface area (Å²) in [7, 11) is 0. The number of amides is 2. The lowest BCUT2D eigenvalue weighted by Crippen LogP contribution is -2.41. The molecule has 0 saturated heterocycles. The molecule has 4 heteroatoms. The third-order valence-electron chi connectivity index (χ3n) is 7.51. The number of nitrogens with one attached hydrogen (secondary N) is 1. The molecular weight excluding hydrogens is 406 g/mol. The summed E-state index contributed by atoms with van der Waals surface area (Å²) < 4.78 is 0. The molecule has 0 unspecified atom stereocenters. The van der Waals surface area contributed by atoms with Gasteiger partial charge in [-0.2, -0.15) is 0 Å². The highest BCUT2D eigenvalue weighted by Crippen LogP contribution is 2.51. The molecule has 1 spiro atoms. The van der Waals surface area contributed by atoms with Gasteiger partial charge in [-0.15, -0.1) is 0 Å². The summed E-state index contributed by atoms with van der Waals surface area (Å²) in [4.78, 5) is 15.3. The van der Waals surface area contributed by atoms with E-state index in [0.29, 0.717) is 6.54 Å². The third kappa shape index (κ3) is 3.99. The third-order valence-corrected chi connectivity index (χ3v) is 7.51. The van der Waals surface area contributed by atoms with Gasteiger partial charge in [0.25, 0.3) is 0 Å². The van der Waals surface area contributed by atoms with Crippen LogP contribution in [-0.2, 0) is 18.4 Å². The van der Waals surface area contributed by atoms with E-state index in [4.69, 9.17) is 5.73 Å². The van der Waals surface area contributed by atoms with Gasteiger partial charge in [-0.3, -0.25) is 4.90 Å². The van der Waals surface area contributed by atoms with Crippen LogP contribution in [0.5, 0.6) is 0 Å². The maximum Gasteiger partial charge on any atom is 0.322 e. The fourth-order valence-corrected chi connectivity index (χ4v) is 5.66. The van der Waals surface area contributed by atoms with Gasteiger partial charge in [0, 0.05) is 29.9 Å². The highest BCUT2D eigenvalue weighted by Gasteiger charge is 2.46. The Balaban J connectivity index is 1.46. The quantitative estimate of drug-likeness (QED) is 0.466. The van der Waals surface area contributed by atoms with E-state index < -0.39 is 0 Å². The zero-order chi connectivity index (χ0) is 23.0.